The van der Waals surface area contributed by atoms with Crippen LogP contribution in [-0.2, 0) is 0 Å². The number of rotatable bonds is 4. The van der Waals surface area contributed by atoms with Crippen LogP contribution in [0.4, 0.5) is 0 Å². The minimum atomic E-state index is -0.299. The number of carbonyl (C=O) groups excluding carboxylic acids is 1. The van der Waals surface area contributed by atoms with Crippen LogP contribution in [0, 0.1) is 5.41 Å². The number of carbonyl (C=O) groups is 1. The number of phenols is 1. The number of alkyl halides is 1. The molecule has 19 heavy (non-hydrogen) atoms. The van der Waals surface area contributed by atoms with E-state index in [-0.39, 0.29) is 27.5 Å². The largest absolute Gasteiger partial charge is 0.507 e. The van der Waals surface area contributed by atoms with Crippen LogP contribution >= 0.6 is 27.5 Å². The topological polar surface area (TPSA) is 49.3 Å². The lowest BCUT2D eigenvalue weighted by molar-refractivity contribution is 0.0950. The van der Waals surface area contributed by atoms with Crippen molar-refractivity contribution in [1.29, 1.82) is 0 Å². The molecule has 1 aromatic rings. The molecule has 0 radical (unpaired) electrons. The standard InChI is InChI=1S/C14H19BrClNO2/c1-14(2,3)7-9(15)8-17-13(19)11-5-4-10(16)6-12(11)18/h4-6,9,18H,7-8H2,1-3H3,(H,17,19). The molecule has 0 heterocycles. The molecule has 0 aromatic heterocycles. The average molecular weight is 349 g/mol. The van der Waals surface area contributed by atoms with Gasteiger partial charge in [0.1, 0.15) is 5.75 Å². The van der Waals surface area contributed by atoms with Gasteiger partial charge in [-0.2, -0.15) is 0 Å². The minimum Gasteiger partial charge on any atom is -0.507 e. The Balaban J connectivity index is 2.56. The van der Waals surface area contributed by atoms with Gasteiger partial charge in [0.15, 0.2) is 0 Å². The molecule has 0 saturated carbocycles. The summed E-state index contributed by atoms with van der Waals surface area (Å²) in [6, 6.07) is 4.45. The maximum Gasteiger partial charge on any atom is 0.255 e. The van der Waals surface area contributed by atoms with Crippen molar-refractivity contribution in [1.82, 2.24) is 5.32 Å². The van der Waals surface area contributed by atoms with Crippen molar-refractivity contribution in [3.63, 3.8) is 0 Å². The van der Waals surface area contributed by atoms with E-state index < -0.39 is 0 Å². The van der Waals surface area contributed by atoms with E-state index in [1.807, 2.05) is 0 Å². The van der Waals surface area contributed by atoms with E-state index in [2.05, 4.69) is 42.0 Å². The zero-order valence-electron chi connectivity index (χ0n) is 11.3. The monoisotopic (exact) mass is 347 g/mol. The van der Waals surface area contributed by atoms with E-state index >= 15 is 0 Å². The Labute approximate surface area is 127 Å². The van der Waals surface area contributed by atoms with Crippen LogP contribution in [0.3, 0.4) is 0 Å². The Morgan fingerprint density at radius 1 is 1.47 bits per heavy atom. The van der Waals surface area contributed by atoms with Gasteiger partial charge in [-0.15, -0.1) is 0 Å². The third-order valence-corrected chi connectivity index (χ3v) is 3.40. The second-order valence-corrected chi connectivity index (χ2v) is 7.46. The normalized spacial score (nSPS) is 13.1. The van der Waals surface area contributed by atoms with Gasteiger partial charge in [-0.25, -0.2) is 0 Å². The minimum absolute atomic E-state index is 0.105. The molecule has 1 amide bonds. The van der Waals surface area contributed by atoms with E-state index in [1.54, 1.807) is 6.07 Å². The summed E-state index contributed by atoms with van der Waals surface area (Å²) >= 11 is 9.27. The van der Waals surface area contributed by atoms with Crippen LogP contribution in [0.5, 0.6) is 5.75 Å². The van der Waals surface area contributed by atoms with E-state index in [1.165, 1.54) is 12.1 Å². The molecule has 1 rings (SSSR count). The first kappa shape index (κ1) is 16.3. The fourth-order valence-corrected chi connectivity index (χ4v) is 3.03. The summed E-state index contributed by atoms with van der Waals surface area (Å²) in [7, 11) is 0. The number of phenolic OH excluding ortho intramolecular Hbond substituents is 1. The second-order valence-electron chi connectivity index (χ2n) is 5.73. The maximum absolute atomic E-state index is 11.9. The van der Waals surface area contributed by atoms with Gasteiger partial charge in [0.2, 0.25) is 0 Å². The smallest absolute Gasteiger partial charge is 0.255 e. The van der Waals surface area contributed by atoms with Gasteiger partial charge in [0, 0.05) is 16.4 Å². The Kier molecular flexibility index (Phi) is 5.68. The molecule has 0 spiro atoms. The number of aromatic hydroxyl groups is 1. The predicted octanol–water partition coefficient (Wildman–Crippen LogP) is 3.98. The van der Waals surface area contributed by atoms with Crippen LogP contribution in [0.1, 0.15) is 37.6 Å². The van der Waals surface area contributed by atoms with Crippen LogP contribution < -0.4 is 5.32 Å². The molecule has 3 nitrogen and oxygen atoms in total. The molecule has 0 aliphatic heterocycles. The SMILES string of the molecule is CC(C)(C)CC(Br)CNC(=O)c1ccc(Cl)cc1O. The molecule has 0 bridgehead atoms. The van der Waals surface area contributed by atoms with Gasteiger partial charge in [0.25, 0.3) is 5.91 Å². The maximum atomic E-state index is 11.9. The number of hydrogen-bond acceptors (Lipinski definition) is 2. The van der Waals surface area contributed by atoms with E-state index in [4.69, 9.17) is 11.6 Å². The summed E-state index contributed by atoms with van der Waals surface area (Å²) in [5.41, 5.74) is 0.432. The first-order valence-electron chi connectivity index (χ1n) is 6.10. The van der Waals surface area contributed by atoms with Crippen LogP contribution in [0.2, 0.25) is 5.02 Å². The molecule has 1 unspecified atom stereocenters. The molecule has 1 atom stereocenters. The summed E-state index contributed by atoms with van der Waals surface area (Å²) < 4.78 is 0. The van der Waals surface area contributed by atoms with Crippen LogP contribution in [0.15, 0.2) is 18.2 Å². The number of benzene rings is 1. The summed E-state index contributed by atoms with van der Waals surface area (Å²) in [5.74, 6) is -0.403. The molecule has 0 aliphatic rings. The zero-order chi connectivity index (χ0) is 14.6. The predicted molar refractivity (Wildman–Crippen MR) is 82.2 cm³/mol. The second kappa shape index (κ2) is 6.62. The highest BCUT2D eigenvalue weighted by Gasteiger charge is 2.18. The van der Waals surface area contributed by atoms with E-state index in [9.17, 15) is 9.90 Å². The Morgan fingerprint density at radius 2 is 2.11 bits per heavy atom. The number of halogens is 2. The summed E-state index contributed by atoms with van der Waals surface area (Å²) in [6.45, 7) is 6.95. The van der Waals surface area contributed by atoms with Crippen molar-refractivity contribution < 1.29 is 9.90 Å². The van der Waals surface area contributed by atoms with Crippen LogP contribution in [0.25, 0.3) is 0 Å². The molecule has 0 fully saturated rings. The van der Waals surface area contributed by atoms with Crippen molar-refractivity contribution in [3.05, 3.63) is 28.8 Å². The first-order chi connectivity index (χ1) is 8.69. The first-order valence-corrected chi connectivity index (χ1v) is 7.39. The average Bonchev–Trinajstić information content (AvgIpc) is 2.23. The van der Waals surface area contributed by atoms with Crippen molar-refractivity contribution in [3.8, 4) is 5.75 Å². The highest BCUT2D eigenvalue weighted by molar-refractivity contribution is 9.09. The van der Waals surface area contributed by atoms with Gasteiger partial charge in [-0.05, 0) is 30.0 Å². The highest BCUT2D eigenvalue weighted by atomic mass is 79.9. The Hall–Kier alpha value is -0.740. The summed E-state index contributed by atoms with van der Waals surface area (Å²) in [5, 5.41) is 12.9. The Morgan fingerprint density at radius 3 is 2.63 bits per heavy atom. The summed E-state index contributed by atoms with van der Waals surface area (Å²) in [4.78, 5) is 12.1. The quantitative estimate of drug-likeness (QED) is 0.809. The third kappa shape index (κ3) is 5.83. The molecule has 2 N–H and O–H groups in total. The number of hydrogen-bond donors (Lipinski definition) is 2. The van der Waals surface area contributed by atoms with Crippen LogP contribution in [-0.4, -0.2) is 22.4 Å². The molecule has 1 aromatic carbocycles. The van der Waals surface area contributed by atoms with Gasteiger partial charge in [-0.3, -0.25) is 4.79 Å². The zero-order valence-corrected chi connectivity index (χ0v) is 13.7. The lowest BCUT2D eigenvalue weighted by Crippen LogP contribution is -2.31. The molecular formula is C14H19BrClNO2. The van der Waals surface area contributed by atoms with Gasteiger partial charge < -0.3 is 10.4 Å². The van der Waals surface area contributed by atoms with Crippen molar-refractivity contribution in [2.24, 2.45) is 5.41 Å². The Bertz CT molecular complexity index is 457. The van der Waals surface area contributed by atoms with Gasteiger partial charge >= 0.3 is 0 Å². The van der Waals surface area contributed by atoms with Crippen molar-refractivity contribution in [2.75, 3.05) is 6.54 Å². The third-order valence-electron chi connectivity index (χ3n) is 2.52. The number of nitrogens with one attached hydrogen (secondary N) is 1. The summed E-state index contributed by atoms with van der Waals surface area (Å²) in [6.07, 6.45) is 0.944. The molecule has 0 saturated heterocycles. The molecular weight excluding hydrogens is 330 g/mol. The fourth-order valence-electron chi connectivity index (χ4n) is 1.73. The molecule has 5 heteroatoms. The molecule has 106 valence electrons. The fraction of sp³-hybridized carbons (Fsp3) is 0.500. The molecule has 0 aliphatic carbocycles. The van der Waals surface area contributed by atoms with Gasteiger partial charge in [0.05, 0.1) is 5.56 Å². The lowest BCUT2D eigenvalue weighted by atomic mass is 9.90. The van der Waals surface area contributed by atoms with Crippen molar-refractivity contribution >= 4 is 33.4 Å². The van der Waals surface area contributed by atoms with Crippen molar-refractivity contribution in [2.45, 2.75) is 32.0 Å². The number of amides is 1. The van der Waals surface area contributed by atoms with Gasteiger partial charge in [-0.1, -0.05) is 48.3 Å². The van der Waals surface area contributed by atoms with E-state index in [0.29, 0.717) is 11.6 Å². The lowest BCUT2D eigenvalue weighted by Gasteiger charge is -2.22. The highest BCUT2D eigenvalue weighted by Crippen LogP contribution is 2.25. The van der Waals surface area contributed by atoms with E-state index in [0.717, 1.165) is 6.42 Å².